The van der Waals surface area contributed by atoms with Crippen LogP contribution in [0.25, 0.3) is 0 Å². The summed E-state index contributed by atoms with van der Waals surface area (Å²) in [4.78, 5) is 12.3. The molecule has 0 saturated carbocycles. The first-order valence-electron chi connectivity index (χ1n) is 10.7. The van der Waals surface area contributed by atoms with Gasteiger partial charge in [0, 0.05) is 12.0 Å². The fourth-order valence-corrected chi connectivity index (χ4v) is 9.39. The second-order valence-corrected chi connectivity index (χ2v) is 14.0. The number of cyclic esters (lactones) is 1. The largest absolute Gasteiger partial charge is 0.457 e. The van der Waals surface area contributed by atoms with E-state index >= 15 is 0 Å². The van der Waals surface area contributed by atoms with Crippen LogP contribution in [0.1, 0.15) is 48.0 Å². The van der Waals surface area contributed by atoms with Crippen molar-refractivity contribution < 1.29 is 14.0 Å². The van der Waals surface area contributed by atoms with Crippen molar-refractivity contribution in [1.82, 2.24) is 0 Å². The summed E-state index contributed by atoms with van der Waals surface area (Å²) in [6.45, 7) is 13.4. The third-order valence-corrected chi connectivity index (χ3v) is 11.3. The van der Waals surface area contributed by atoms with Crippen LogP contribution in [0, 0.1) is 5.41 Å². The van der Waals surface area contributed by atoms with E-state index in [1.807, 2.05) is 32.1 Å². The SMILES string of the molecule is C/C=C(\C)[C@@H]1OC(=O)C[C@]1(C)CO[Si](c1ccccc1)(c1ccccc1)C(C)(C)C. The molecular formula is C26H34O3Si. The Balaban J connectivity index is 2.09. The van der Waals surface area contributed by atoms with Gasteiger partial charge in [-0.1, -0.05) is 94.4 Å². The minimum absolute atomic E-state index is 0.0966. The van der Waals surface area contributed by atoms with E-state index in [0.29, 0.717) is 13.0 Å². The summed E-state index contributed by atoms with van der Waals surface area (Å²) in [7, 11) is -2.65. The lowest BCUT2D eigenvalue weighted by molar-refractivity contribution is -0.140. The predicted octanol–water partition coefficient (Wildman–Crippen LogP) is 4.85. The lowest BCUT2D eigenvalue weighted by Gasteiger charge is -2.45. The van der Waals surface area contributed by atoms with Crippen LogP contribution in [0.4, 0.5) is 0 Å². The number of carbonyl (C=O) groups excluding carboxylic acids is 1. The summed E-state index contributed by atoms with van der Waals surface area (Å²) in [5.41, 5.74) is 0.690. The minimum atomic E-state index is -2.65. The molecule has 1 fully saturated rings. The van der Waals surface area contributed by atoms with Crippen LogP contribution in [-0.2, 0) is 14.0 Å². The summed E-state index contributed by atoms with van der Waals surface area (Å²) in [5.74, 6) is -0.144. The molecule has 0 N–H and O–H groups in total. The average molecular weight is 423 g/mol. The first-order valence-corrected chi connectivity index (χ1v) is 12.6. The Bertz CT molecular complexity index is 859. The van der Waals surface area contributed by atoms with Gasteiger partial charge >= 0.3 is 5.97 Å². The Labute approximate surface area is 182 Å². The molecule has 1 heterocycles. The van der Waals surface area contributed by atoms with Crippen LogP contribution in [0.2, 0.25) is 5.04 Å². The van der Waals surface area contributed by atoms with E-state index < -0.39 is 8.32 Å². The van der Waals surface area contributed by atoms with Crippen LogP contribution >= 0.6 is 0 Å². The van der Waals surface area contributed by atoms with Gasteiger partial charge in [0.1, 0.15) is 6.10 Å². The topological polar surface area (TPSA) is 35.5 Å². The molecule has 0 radical (unpaired) electrons. The van der Waals surface area contributed by atoms with Crippen LogP contribution in [0.3, 0.4) is 0 Å². The molecule has 0 aromatic heterocycles. The lowest BCUT2D eigenvalue weighted by Crippen LogP contribution is -2.67. The molecule has 4 heteroatoms. The van der Waals surface area contributed by atoms with Crippen molar-refractivity contribution in [3.8, 4) is 0 Å². The standard InChI is InChI=1S/C26H34O3Si/c1-7-20(2)24-26(6,18-23(27)29-24)19-28-30(25(3,4)5,21-14-10-8-11-15-21)22-16-12-9-13-17-22/h7-17,24H,18-19H2,1-6H3/b20-7+/t24-,26+/m0/s1. The fraction of sp³-hybridized carbons (Fsp3) is 0.423. The smallest absolute Gasteiger partial charge is 0.307 e. The molecule has 2 aromatic carbocycles. The van der Waals surface area contributed by atoms with Gasteiger partial charge in [0.2, 0.25) is 0 Å². The monoisotopic (exact) mass is 422 g/mol. The number of benzene rings is 2. The Morgan fingerprint density at radius 2 is 1.60 bits per heavy atom. The van der Waals surface area contributed by atoms with Gasteiger partial charge in [-0.05, 0) is 34.8 Å². The van der Waals surface area contributed by atoms with Gasteiger partial charge in [0.05, 0.1) is 6.42 Å². The van der Waals surface area contributed by atoms with Crippen molar-refractivity contribution in [2.24, 2.45) is 5.41 Å². The van der Waals surface area contributed by atoms with Gasteiger partial charge in [0.15, 0.2) is 0 Å². The quantitative estimate of drug-likeness (QED) is 0.379. The first-order chi connectivity index (χ1) is 14.1. The zero-order valence-electron chi connectivity index (χ0n) is 19.1. The molecule has 0 aliphatic carbocycles. The summed E-state index contributed by atoms with van der Waals surface area (Å²) < 4.78 is 12.8. The minimum Gasteiger partial charge on any atom is -0.457 e. The van der Waals surface area contributed by atoms with Crippen molar-refractivity contribution >= 4 is 24.7 Å². The molecule has 1 saturated heterocycles. The maximum absolute atomic E-state index is 12.3. The lowest BCUT2D eigenvalue weighted by atomic mass is 9.81. The third-order valence-electron chi connectivity index (χ3n) is 6.33. The number of carbonyl (C=O) groups is 1. The molecule has 0 spiro atoms. The van der Waals surface area contributed by atoms with Crippen LogP contribution in [0.5, 0.6) is 0 Å². The third kappa shape index (κ3) is 4.03. The van der Waals surface area contributed by atoms with Crippen molar-refractivity contribution in [2.75, 3.05) is 6.61 Å². The van der Waals surface area contributed by atoms with Crippen molar-refractivity contribution in [3.05, 3.63) is 72.3 Å². The molecule has 2 aromatic rings. The Kier molecular flexibility index (Phi) is 6.39. The van der Waals surface area contributed by atoms with Gasteiger partial charge in [-0.2, -0.15) is 0 Å². The zero-order chi connectivity index (χ0) is 22.0. The van der Waals surface area contributed by atoms with Crippen molar-refractivity contribution in [1.29, 1.82) is 0 Å². The molecular weight excluding hydrogens is 388 g/mol. The highest BCUT2D eigenvalue weighted by atomic mass is 28.4. The molecule has 30 heavy (non-hydrogen) atoms. The van der Waals surface area contributed by atoms with E-state index in [4.69, 9.17) is 9.16 Å². The van der Waals surface area contributed by atoms with E-state index in [0.717, 1.165) is 5.57 Å². The van der Waals surface area contributed by atoms with E-state index in [1.54, 1.807) is 0 Å². The van der Waals surface area contributed by atoms with Gasteiger partial charge in [0.25, 0.3) is 8.32 Å². The van der Waals surface area contributed by atoms with Gasteiger partial charge in [-0.25, -0.2) is 0 Å². The maximum Gasteiger partial charge on any atom is 0.307 e. The molecule has 2 atom stereocenters. The zero-order valence-corrected chi connectivity index (χ0v) is 20.1. The number of ether oxygens (including phenoxy) is 1. The Hall–Kier alpha value is -2.17. The summed E-state index contributed by atoms with van der Waals surface area (Å²) in [6, 6.07) is 21.2. The van der Waals surface area contributed by atoms with Crippen LogP contribution < -0.4 is 10.4 Å². The molecule has 3 nitrogen and oxygen atoms in total. The van der Waals surface area contributed by atoms with Crippen LogP contribution in [0.15, 0.2) is 72.3 Å². The second kappa shape index (κ2) is 8.52. The fourth-order valence-electron chi connectivity index (χ4n) is 4.69. The second-order valence-electron chi connectivity index (χ2n) is 9.69. The Morgan fingerprint density at radius 1 is 1.10 bits per heavy atom. The normalized spacial score (nSPS) is 22.8. The van der Waals surface area contributed by atoms with Crippen molar-refractivity contribution in [3.63, 3.8) is 0 Å². The van der Waals surface area contributed by atoms with E-state index in [1.165, 1.54) is 10.4 Å². The number of hydrogen-bond acceptors (Lipinski definition) is 3. The molecule has 0 amide bonds. The summed E-state index contributed by atoms with van der Waals surface area (Å²) in [5, 5.41) is 2.40. The number of allylic oxidation sites excluding steroid dienone is 1. The average Bonchev–Trinajstić information content (AvgIpc) is 3.03. The van der Waals surface area contributed by atoms with Gasteiger partial charge in [-0.15, -0.1) is 0 Å². The molecule has 0 bridgehead atoms. The summed E-state index contributed by atoms with van der Waals surface area (Å²) in [6.07, 6.45) is 2.17. The number of esters is 1. The highest BCUT2D eigenvalue weighted by molar-refractivity contribution is 6.99. The van der Waals surface area contributed by atoms with E-state index in [-0.39, 0.29) is 22.5 Å². The van der Waals surface area contributed by atoms with Crippen LogP contribution in [-0.4, -0.2) is 27.0 Å². The van der Waals surface area contributed by atoms with Crippen molar-refractivity contribution in [2.45, 2.75) is 59.1 Å². The van der Waals surface area contributed by atoms with Gasteiger partial charge in [-0.3, -0.25) is 4.79 Å². The number of hydrogen-bond donors (Lipinski definition) is 0. The molecule has 160 valence electrons. The summed E-state index contributed by atoms with van der Waals surface area (Å²) >= 11 is 0. The maximum atomic E-state index is 12.3. The Morgan fingerprint density at radius 3 is 2.03 bits per heavy atom. The van der Waals surface area contributed by atoms with E-state index in [9.17, 15) is 4.79 Å². The highest BCUT2D eigenvalue weighted by Crippen LogP contribution is 2.43. The molecule has 3 rings (SSSR count). The first kappa shape index (κ1) is 22.5. The molecule has 0 unspecified atom stereocenters. The highest BCUT2D eigenvalue weighted by Gasteiger charge is 2.53. The van der Waals surface area contributed by atoms with Gasteiger partial charge < -0.3 is 9.16 Å². The predicted molar refractivity (Wildman–Crippen MR) is 126 cm³/mol. The van der Waals surface area contributed by atoms with E-state index in [2.05, 4.69) is 76.2 Å². The molecule has 1 aliphatic rings. The molecule has 1 aliphatic heterocycles. The number of rotatable bonds is 6.